The first kappa shape index (κ1) is 17.5. The molecule has 0 unspecified atom stereocenters. The normalized spacial score (nSPS) is 20.1. The fourth-order valence-corrected chi connectivity index (χ4v) is 3.53. The molecule has 1 rings (SSSR count). The van der Waals surface area contributed by atoms with Crippen LogP contribution in [-0.4, -0.2) is 63.6 Å². The number of aliphatic carboxylic acids is 1. The molecule has 7 heteroatoms. The summed E-state index contributed by atoms with van der Waals surface area (Å²) in [7, 11) is 0. The number of carbonyl (C=O) groups excluding carboxylic acids is 1. The first-order valence-corrected chi connectivity index (χ1v) is 9.15. The lowest BCUT2D eigenvalue weighted by molar-refractivity contribution is -0.139. The van der Waals surface area contributed by atoms with Crippen LogP contribution in [0.2, 0.25) is 0 Å². The van der Waals surface area contributed by atoms with Gasteiger partial charge in [-0.2, -0.15) is 23.5 Å². The maximum atomic E-state index is 12.2. The Hall–Kier alpha value is -0.560. The predicted molar refractivity (Wildman–Crippen MR) is 85.7 cm³/mol. The molecule has 5 nitrogen and oxygen atoms in total. The molecule has 2 amide bonds. The van der Waals surface area contributed by atoms with Crippen LogP contribution in [-0.2, 0) is 4.79 Å². The van der Waals surface area contributed by atoms with Gasteiger partial charge < -0.3 is 15.3 Å². The molecule has 0 spiro atoms. The highest BCUT2D eigenvalue weighted by atomic mass is 32.2. The first-order valence-electron chi connectivity index (χ1n) is 6.77. The maximum Gasteiger partial charge on any atom is 0.326 e. The third-order valence-electron chi connectivity index (χ3n) is 3.33. The molecule has 0 aromatic heterocycles. The van der Waals surface area contributed by atoms with Crippen molar-refractivity contribution in [3.63, 3.8) is 0 Å². The van der Waals surface area contributed by atoms with E-state index in [2.05, 4.69) is 19.2 Å². The summed E-state index contributed by atoms with van der Waals surface area (Å²) in [6, 6.07) is -1.05. The minimum absolute atomic E-state index is 0.181. The first-order chi connectivity index (χ1) is 9.35. The van der Waals surface area contributed by atoms with Crippen molar-refractivity contribution in [3.8, 4) is 0 Å². The minimum Gasteiger partial charge on any atom is -0.480 e. The van der Waals surface area contributed by atoms with Gasteiger partial charge in [0.15, 0.2) is 0 Å². The second-order valence-corrected chi connectivity index (χ2v) is 8.25. The molecule has 0 aliphatic carbocycles. The van der Waals surface area contributed by atoms with Gasteiger partial charge in [-0.25, -0.2) is 9.59 Å². The molecule has 0 bridgehead atoms. The van der Waals surface area contributed by atoms with Crippen molar-refractivity contribution >= 4 is 35.5 Å². The third-order valence-corrected chi connectivity index (χ3v) is 5.35. The summed E-state index contributed by atoms with van der Waals surface area (Å²) >= 11 is 3.44. The van der Waals surface area contributed by atoms with Gasteiger partial charge in [0.25, 0.3) is 0 Å². The Bertz CT molecular complexity index is 351. The van der Waals surface area contributed by atoms with E-state index in [0.29, 0.717) is 19.5 Å². The van der Waals surface area contributed by atoms with Gasteiger partial charge in [0.2, 0.25) is 0 Å². The van der Waals surface area contributed by atoms with Crippen LogP contribution in [0, 0.1) is 0 Å². The summed E-state index contributed by atoms with van der Waals surface area (Å²) in [5, 5.41) is 11.8. The quantitative estimate of drug-likeness (QED) is 0.812. The number of carboxylic acid groups (broad SMARTS) is 1. The number of hydrogen-bond acceptors (Lipinski definition) is 4. The van der Waals surface area contributed by atoms with Crippen LogP contribution >= 0.6 is 23.5 Å². The van der Waals surface area contributed by atoms with Crippen LogP contribution < -0.4 is 5.32 Å². The average Bonchev–Trinajstić information content (AvgIpc) is 2.55. The van der Waals surface area contributed by atoms with Crippen molar-refractivity contribution in [2.75, 3.05) is 30.9 Å². The van der Waals surface area contributed by atoms with Crippen molar-refractivity contribution in [3.05, 3.63) is 0 Å². The Morgan fingerprint density at radius 3 is 2.75 bits per heavy atom. The van der Waals surface area contributed by atoms with Gasteiger partial charge in [-0.15, -0.1) is 0 Å². The topological polar surface area (TPSA) is 69.6 Å². The van der Waals surface area contributed by atoms with E-state index in [-0.39, 0.29) is 10.8 Å². The highest BCUT2D eigenvalue weighted by Gasteiger charge is 2.28. The summed E-state index contributed by atoms with van der Waals surface area (Å²) in [6.45, 7) is 5.71. The molecule has 116 valence electrons. The number of urea groups is 1. The largest absolute Gasteiger partial charge is 0.480 e. The fourth-order valence-electron chi connectivity index (χ4n) is 1.96. The molecule has 0 aromatic carbocycles. The van der Waals surface area contributed by atoms with Crippen LogP contribution in [0.1, 0.15) is 26.7 Å². The zero-order valence-corrected chi connectivity index (χ0v) is 14.0. The molecule has 0 aromatic rings. The second-order valence-electron chi connectivity index (χ2n) is 5.47. The van der Waals surface area contributed by atoms with Crippen LogP contribution in [0.5, 0.6) is 0 Å². The number of nitrogens with zero attached hydrogens (tertiary/aromatic N) is 1. The van der Waals surface area contributed by atoms with E-state index in [9.17, 15) is 9.59 Å². The van der Waals surface area contributed by atoms with E-state index in [1.54, 1.807) is 16.7 Å². The van der Waals surface area contributed by atoms with Gasteiger partial charge in [0.1, 0.15) is 6.04 Å². The predicted octanol–water partition coefficient (Wildman–Crippen LogP) is 2.12. The van der Waals surface area contributed by atoms with Crippen LogP contribution in [0.15, 0.2) is 0 Å². The molecule has 1 heterocycles. The van der Waals surface area contributed by atoms with Gasteiger partial charge in [0.05, 0.1) is 0 Å². The minimum atomic E-state index is -0.961. The SMILES string of the molecule is CSCC[C@H](NC(=O)N1CCSC(C)(C)CC1)C(=O)O. The lowest BCUT2D eigenvalue weighted by Gasteiger charge is -2.24. The average molecular weight is 320 g/mol. The summed E-state index contributed by atoms with van der Waals surface area (Å²) in [6.07, 6.45) is 3.30. The zero-order valence-electron chi connectivity index (χ0n) is 12.3. The highest BCUT2D eigenvalue weighted by molar-refractivity contribution is 8.00. The lowest BCUT2D eigenvalue weighted by Crippen LogP contribution is -2.48. The molecule has 1 aliphatic rings. The smallest absolute Gasteiger partial charge is 0.326 e. The van der Waals surface area contributed by atoms with E-state index >= 15 is 0 Å². The Kier molecular flexibility index (Phi) is 7.02. The van der Waals surface area contributed by atoms with E-state index < -0.39 is 12.0 Å². The van der Waals surface area contributed by atoms with Crippen molar-refractivity contribution in [2.45, 2.75) is 37.5 Å². The van der Waals surface area contributed by atoms with Gasteiger partial charge in [0, 0.05) is 23.6 Å². The van der Waals surface area contributed by atoms with Crippen molar-refractivity contribution in [1.82, 2.24) is 10.2 Å². The van der Waals surface area contributed by atoms with E-state index in [1.807, 2.05) is 18.0 Å². The van der Waals surface area contributed by atoms with Crippen molar-refractivity contribution in [2.24, 2.45) is 0 Å². The molecule has 0 radical (unpaired) electrons. The lowest BCUT2D eigenvalue weighted by atomic mass is 10.1. The third kappa shape index (κ3) is 5.83. The molecule has 1 fully saturated rings. The molecule has 1 saturated heterocycles. The summed E-state index contributed by atoms with van der Waals surface area (Å²) in [5.74, 6) is 0.653. The number of hydrogen-bond donors (Lipinski definition) is 2. The molecule has 1 atom stereocenters. The van der Waals surface area contributed by atoms with Gasteiger partial charge >= 0.3 is 12.0 Å². The van der Waals surface area contributed by atoms with Gasteiger partial charge in [-0.1, -0.05) is 13.8 Å². The number of carboxylic acids is 1. The molecule has 20 heavy (non-hydrogen) atoms. The van der Waals surface area contributed by atoms with Crippen molar-refractivity contribution < 1.29 is 14.7 Å². The Balaban J connectivity index is 2.53. The van der Waals surface area contributed by atoms with Gasteiger partial charge in [-0.3, -0.25) is 0 Å². The fraction of sp³-hybridized carbons (Fsp3) is 0.846. The molecular weight excluding hydrogens is 296 g/mol. The number of amides is 2. The maximum absolute atomic E-state index is 12.2. The monoisotopic (exact) mass is 320 g/mol. The Morgan fingerprint density at radius 1 is 1.45 bits per heavy atom. The summed E-state index contributed by atoms with van der Waals surface area (Å²) in [5.41, 5.74) is 0. The zero-order chi connectivity index (χ0) is 15.2. The highest BCUT2D eigenvalue weighted by Crippen LogP contribution is 2.30. The van der Waals surface area contributed by atoms with E-state index in [0.717, 1.165) is 17.9 Å². The van der Waals surface area contributed by atoms with Crippen LogP contribution in [0.25, 0.3) is 0 Å². The second kappa shape index (κ2) is 8.02. The molecule has 0 saturated carbocycles. The van der Waals surface area contributed by atoms with E-state index in [4.69, 9.17) is 5.11 Å². The number of carbonyl (C=O) groups is 2. The number of thioether (sulfide) groups is 2. The molecule has 1 aliphatic heterocycles. The van der Waals surface area contributed by atoms with Crippen LogP contribution in [0.3, 0.4) is 0 Å². The Labute approximate surface area is 129 Å². The number of rotatable bonds is 5. The van der Waals surface area contributed by atoms with Gasteiger partial charge in [-0.05, 0) is 24.9 Å². The standard InChI is InChI=1S/C13H24N2O3S2/c1-13(2)5-6-15(7-9-20-13)12(18)14-10(11(16)17)4-8-19-3/h10H,4-9H2,1-3H3,(H,14,18)(H,16,17)/t10-/m0/s1. The van der Waals surface area contributed by atoms with Crippen molar-refractivity contribution in [1.29, 1.82) is 0 Å². The summed E-state index contributed by atoms with van der Waals surface area (Å²) < 4.78 is 0.181. The molecular formula is C13H24N2O3S2. The summed E-state index contributed by atoms with van der Waals surface area (Å²) in [4.78, 5) is 25.1. The van der Waals surface area contributed by atoms with Crippen LogP contribution in [0.4, 0.5) is 4.79 Å². The van der Waals surface area contributed by atoms with E-state index in [1.165, 1.54) is 0 Å². The number of nitrogens with one attached hydrogen (secondary N) is 1. The Morgan fingerprint density at radius 2 is 2.15 bits per heavy atom. The molecule has 2 N–H and O–H groups in total.